The summed E-state index contributed by atoms with van der Waals surface area (Å²) in [5.41, 5.74) is 1.77. The molecule has 110 valence electrons. The highest BCUT2D eigenvalue weighted by Crippen LogP contribution is 2.26. The van der Waals surface area contributed by atoms with Crippen molar-refractivity contribution in [1.29, 1.82) is 0 Å². The number of ether oxygens (including phenoxy) is 1. The fourth-order valence-electron chi connectivity index (χ4n) is 1.97. The molecular formula is C15H15IN2O3. The van der Waals surface area contributed by atoms with E-state index in [2.05, 4.69) is 27.9 Å². The van der Waals surface area contributed by atoms with E-state index in [-0.39, 0.29) is 10.6 Å². The lowest BCUT2D eigenvalue weighted by Crippen LogP contribution is -2.07. The minimum absolute atomic E-state index is 0.104. The van der Waals surface area contributed by atoms with E-state index in [0.717, 1.165) is 21.3 Å². The third kappa shape index (κ3) is 4.32. The predicted molar refractivity (Wildman–Crippen MR) is 91.0 cm³/mol. The molecule has 21 heavy (non-hydrogen) atoms. The summed E-state index contributed by atoms with van der Waals surface area (Å²) in [6.07, 6.45) is 0.764. The molecule has 0 fully saturated rings. The van der Waals surface area contributed by atoms with Gasteiger partial charge in [-0.25, -0.2) is 0 Å². The molecule has 0 heterocycles. The number of methoxy groups -OCH3 is 1. The van der Waals surface area contributed by atoms with Crippen LogP contribution >= 0.6 is 22.6 Å². The highest BCUT2D eigenvalue weighted by atomic mass is 127. The van der Waals surface area contributed by atoms with Crippen molar-refractivity contribution in [2.75, 3.05) is 19.0 Å². The third-order valence-corrected chi connectivity index (χ3v) is 3.69. The number of hydrogen-bond donors (Lipinski definition) is 1. The van der Waals surface area contributed by atoms with Gasteiger partial charge in [-0.15, -0.1) is 0 Å². The van der Waals surface area contributed by atoms with Gasteiger partial charge in [0.2, 0.25) is 0 Å². The maximum Gasteiger partial charge on any atom is 0.293 e. The lowest BCUT2D eigenvalue weighted by molar-refractivity contribution is -0.384. The first-order valence-electron chi connectivity index (χ1n) is 6.41. The van der Waals surface area contributed by atoms with E-state index in [0.29, 0.717) is 12.2 Å². The third-order valence-electron chi connectivity index (χ3n) is 3.02. The highest BCUT2D eigenvalue weighted by molar-refractivity contribution is 14.1. The molecule has 0 aliphatic rings. The number of rotatable bonds is 6. The molecule has 0 aliphatic heterocycles. The Kier molecular flexibility index (Phi) is 5.38. The second kappa shape index (κ2) is 7.26. The van der Waals surface area contributed by atoms with Gasteiger partial charge < -0.3 is 10.1 Å². The van der Waals surface area contributed by atoms with Crippen LogP contribution in [0, 0.1) is 13.7 Å². The number of nitro benzene ring substituents is 1. The molecule has 0 aromatic heterocycles. The normalized spacial score (nSPS) is 10.2. The summed E-state index contributed by atoms with van der Waals surface area (Å²) in [4.78, 5) is 10.7. The van der Waals surface area contributed by atoms with E-state index >= 15 is 0 Å². The topological polar surface area (TPSA) is 64.4 Å². The van der Waals surface area contributed by atoms with Crippen molar-refractivity contribution < 1.29 is 9.66 Å². The zero-order chi connectivity index (χ0) is 15.2. The standard InChI is InChI=1S/C15H15IN2O3/c1-21-13-4-2-3-11(9-13)7-8-17-14-6-5-12(16)10-15(14)18(19)20/h2-6,9-10,17H,7-8H2,1H3. The van der Waals surface area contributed by atoms with Gasteiger partial charge in [0, 0.05) is 16.2 Å². The van der Waals surface area contributed by atoms with Crippen LogP contribution in [0.5, 0.6) is 5.75 Å². The Morgan fingerprint density at radius 3 is 2.81 bits per heavy atom. The number of hydrogen-bond acceptors (Lipinski definition) is 4. The second-order valence-electron chi connectivity index (χ2n) is 4.45. The highest BCUT2D eigenvalue weighted by Gasteiger charge is 2.13. The Balaban J connectivity index is 2.01. The van der Waals surface area contributed by atoms with Crippen LogP contribution in [0.4, 0.5) is 11.4 Å². The zero-order valence-electron chi connectivity index (χ0n) is 11.5. The number of nitrogens with zero attached hydrogens (tertiary/aromatic N) is 1. The van der Waals surface area contributed by atoms with Crippen LogP contribution in [-0.4, -0.2) is 18.6 Å². The molecule has 0 saturated carbocycles. The molecule has 0 amide bonds. The maximum atomic E-state index is 11.0. The van der Waals surface area contributed by atoms with Gasteiger partial charge in [-0.3, -0.25) is 10.1 Å². The van der Waals surface area contributed by atoms with Crippen molar-refractivity contribution in [2.24, 2.45) is 0 Å². The van der Waals surface area contributed by atoms with E-state index in [1.165, 1.54) is 0 Å². The lowest BCUT2D eigenvalue weighted by atomic mass is 10.1. The Labute approximate surface area is 136 Å². The smallest absolute Gasteiger partial charge is 0.293 e. The molecule has 2 aromatic carbocycles. The van der Waals surface area contributed by atoms with E-state index in [1.807, 2.05) is 30.3 Å². The SMILES string of the molecule is COc1cccc(CCNc2ccc(I)cc2[N+](=O)[O-])c1. The molecule has 1 N–H and O–H groups in total. The molecular weight excluding hydrogens is 383 g/mol. The van der Waals surface area contributed by atoms with Gasteiger partial charge in [0.05, 0.1) is 12.0 Å². The monoisotopic (exact) mass is 398 g/mol. The Morgan fingerprint density at radius 1 is 1.29 bits per heavy atom. The van der Waals surface area contributed by atoms with Crippen LogP contribution in [0.3, 0.4) is 0 Å². The maximum absolute atomic E-state index is 11.0. The number of anilines is 1. The van der Waals surface area contributed by atoms with Gasteiger partial charge in [0.15, 0.2) is 0 Å². The Bertz CT molecular complexity index is 647. The van der Waals surface area contributed by atoms with Gasteiger partial charge >= 0.3 is 0 Å². The van der Waals surface area contributed by atoms with E-state index < -0.39 is 0 Å². The van der Waals surface area contributed by atoms with Crippen molar-refractivity contribution in [3.05, 3.63) is 61.7 Å². The second-order valence-corrected chi connectivity index (χ2v) is 5.69. The summed E-state index contributed by atoms with van der Waals surface area (Å²) in [7, 11) is 1.63. The summed E-state index contributed by atoms with van der Waals surface area (Å²) < 4.78 is 6.02. The van der Waals surface area contributed by atoms with Gasteiger partial charge in [-0.1, -0.05) is 12.1 Å². The molecule has 0 bridgehead atoms. The Hall–Kier alpha value is -1.83. The number of nitrogens with one attached hydrogen (secondary N) is 1. The van der Waals surface area contributed by atoms with Crippen LogP contribution in [0.2, 0.25) is 0 Å². The molecule has 0 aliphatic carbocycles. The minimum atomic E-state index is -0.365. The minimum Gasteiger partial charge on any atom is -0.497 e. The quantitative estimate of drug-likeness (QED) is 0.456. The molecule has 0 atom stereocenters. The van der Waals surface area contributed by atoms with Crippen molar-refractivity contribution in [2.45, 2.75) is 6.42 Å². The van der Waals surface area contributed by atoms with Gasteiger partial charge in [-0.2, -0.15) is 0 Å². The first-order valence-corrected chi connectivity index (χ1v) is 7.49. The first-order chi connectivity index (χ1) is 10.1. The summed E-state index contributed by atoms with van der Waals surface area (Å²) >= 11 is 2.06. The average molecular weight is 398 g/mol. The van der Waals surface area contributed by atoms with Crippen LogP contribution < -0.4 is 10.1 Å². The molecule has 0 unspecified atom stereocenters. The molecule has 5 nitrogen and oxygen atoms in total. The van der Waals surface area contributed by atoms with Gasteiger partial charge in [0.25, 0.3) is 5.69 Å². The van der Waals surface area contributed by atoms with E-state index in [9.17, 15) is 10.1 Å². The summed E-state index contributed by atoms with van der Waals surface area (Å²) in [5.74, 6) is 0.813. The van der Waals surface area contributed by atoms with Crippen molar-refractivity contribution in [3.8, 4) is 5.75 Å². The molecule has 6 heteroatoms. The van der Waals surface area contributed by atoms with Crippen LogP contribution in [0.25, 0.3) is 0 Å². The lowest BCUT2D eigenvalue weighted by Gasteiger charge is -2.08. The number of halogens is 1. The summed E-state index contributed by atoms with van der Waals surface area (Å²) in [6.45, 7) is 0.620. The summed E-state index contributed by atoms with van der Waals surface area (Å²) in [5, 5.41) is 14.2. The average Bonchev–Trinajstić information content (AvgIpc) is 2.48. The van der Waals surface area contributed by atoms with E-state index in [1.54, 1.807) is 19.2 Å². The molecule has 0 spiro atoms. The van der Waals surface area contributed by atoms with Gasteiger partial charge in [0.1, 0.15) is 11.4 Å². The fraction of sp³-hybridized carbons (Fsp3) is 0.200. The van der Waals surface area contributed by atoms with Gasteiger partial charge in [-0.05, 0) is 58.8 Å². The van der Waals surface area contributed by atoms with Crippen molar-refractivity contribution >= 4 is 34.0 Å². The Morgan fingerprint density at radius 2 is 2.10 bits per heavy atom. The predicted octanol–water partition coefficient (Wildman–Crippen LogP) is 3.86. The molecule has 0 saturated heterocycles. The van der Waals surface area contributed by atoms with Crippen LogP contribution in [-0.2, 0) is 6.42 Å². The number of benzene rings is 2. The first kappa shape index (κ1) is 15.6. The molecule has 2 aromatic rings. The fourth-order valence-corrected chi connectivity index (χ4v) is 2.45. The van der Waals surface area contributed by atoms with Crippen LogP contribution in [0.15, 0.2) is 42.5 Å². The molecule has 2 rings (SSSR count). The van der Waals surface area contributed by atoms with Crippen LogP contribution in [0.1, 0.15) is 5.56 Å². The van der Waals surface area contributed by atoms with E-state index in [4.69, 9.17) is 4.74 Å². The van der Waals surface area contributed by atoms with Crippen molar-refractivity contribution in [3.63, 3.8) is 0 Å². The number of nitro groups is 1. The summed E-state index contributed by atoms with van der Waals surface area (Å²) in [6, 6.07) is 12.9. The largest absolute Gasteiger partial charge is 0.497 e. The zero-order valence-corrected chi connectivity index (χ0v) is 13.7. The molecule has 0 radical (unpaired) electrons. The van der Waals surface area contributed by atoms with Crippen molar-refractivity contribution in [1.82, 2.24) is 0 Å².